The summed E-state index contributed by atoms with van der Waals surface area (Å²) < 4.78 is 0. The number of benzene rings is 1. The quantitative estimate of drug-likeness (QED) is 0.916. The Morgan fingerprint density at radius 1 is 1.26 bits per heavy atom. The van der Waals surface area contributed by atoms with Crippen LogP contribution in [-0.2, 0) is 11.2 Å². The molecule has 0 fully saturated rings. The fraction of sp³-hybridized carbons (Fsp3) is 0.294. The Hall–Kier alpha value is -2.76. The van der Waals surface area contributed by atoms with E-state index in [1.54, 1.807) is 26.0 Å². The Morgan fingerprint density at radius 2 is 2.00 bits per heavy atom. The minimum atomic E-state index is -1.03. The lowest BCUT2D eigenvalue weighted by atomic mass is 9.92. The van der Waals surface area contributed by atoms with Crippen LogP contribution in [0.5, 0.6) is 0 Å². The van der Waals surface area contributed by atoms with Crippen LogP contribution in [0, 0.1) is 13.8 Å². The maximum atomic E-state index is 12.8. The summed E-state index contributed by atoms with van der Waals surface area (Å²) in [7, 11) is 0. The SMILES string of the molecule is Cc1ncc(C(=O)N2CCc3ccccc3[C@@H]2C(=O)O)c(C)n1. The van der Waals surface area contributed by atoms with Crippen molar-refractivity contribution >= 4 is 11.9 Å². The molecule has 1 aromatic heterocycles. The first-order chi connectivity index (χ1) is 11.0. The van der Waals surface area contributed by atoms with Crippen LogP contribution in [-0.4, -0.2) is 38.4 Å². The summed E-state index contributed by atoms with van der Waals surface area (Å²) in [5, 5.41) is 9.64. The van der Waals surface area contributed by atoms with E-state index >= 15 is 0 Å². The average molecular weight is 311 g/mol. The zero-order chi connectivity index (χ0) is 16.6. The summed E-state index contributed by atoms with van der Waals surface area (Å²) in [4.78, 5) is 34.3. The molecule has 0 saturated carbocycles. The molecule has 3 rings (SSSR count). The Bertz CT molecular complexity index is 788. The van der Waals surface area contributed by atoms with Gasteiger partial charge in [-0.15, -0.1) is 0 Å². The van der Waals surface area contributed by atoms with Crippen molar-refractivity contribution in [1.29, 1.82) is 0 Å². The standard InChI is InChI=1S/C17H17N3O3/c1-10-14(9-18-11(2)19-10)16(21)20-8-7-12-5-3-4-6-13(12)15(20)17(22)23/h3-6,9,15H,7-8H2,1-2H3,(H,22,23)/t15-/m1/s1. The number of aromatic nitrogens is 2. The van der Waals surface area contributed by atoms with Crippen molar-refractivity contribution in [3.63, 3.8) is 0 Å². The highest BCUT2D eigenvalue weighted by Crippen LogP contribution is 2.31. The van der Waals surface area contributed by atoms with Crippen LogP contribution in [0.15, 0.2) is 30.5 Å². The van der Waals surface area contributed by atoms with Gasteiger partial charge in [-0.1, -0.05) is 24.3 Å². The van der Waals surface area contributed by atoms with Crippen molar-refractivity contribution in [2.24, 2.45) is 0 Å². The number of carboxylic acid groups (broad SMARTS) is 1. The molecule has 1 aromatic carbocycles. The zero-order valence-corrected chi connectivity index (χ0v) is 13.0. The summed E-state index contributed by atoms with van der Waals surface area (Å²) in [5.74, 6) is -0.793. The molecule has 1 aliphatic heterocycles. The van der Waals surface area contributed by atoms with Crippen LogP contribution >= 0.6 is 0 Å². The van der Waals surface area contributed by atoms with Crippen molar-refractivity contribution in [2.75, 3.05) is 6.54 Å². The molecule has 23 heavy (non-hydrogen) atoms. The van der Waals surface area contributed by atoms with Crippen molar-refractivity contribution in [3.8, 4) is 0 Å². The molecule has 0 unspecified atom stereocenters. The van der Waals surface area contributed by atoms with Gasteiger partial charge < -0.3 is 10.0 Å². The minimum Gasteiger partial charge on any atom is -0.479 e. The van der Waals surface area contributed by atoms with Gasteiger partial charge in [0.05, 0.1) is 11.3 Å². The van der Waals surface area contributed by atoms with E-state index in [-0.39, 0.29) is 5.91 Å². The second-order valence-electron chi connectivity index (χ2n) is 5.60. The van der Waals surface area contributed by atoms with E-state index in [4.69, 9.17) is 0 Å². The highest BCUT2D eigenvalue weighted by molar-refractivity contribution is 5.97. The molecule has 2 aromatic rings. The van der Waals surface area contributed by atoms with E-state index in [0.717, 1.165) is 5.56 Å². The molecule has 0 aliphatic carbocycles. The van der Waals surface area contributed by atoms with Gasteiger partial charge in [0.15, 0.2) is 6.04 Å². The lowest BCUT2D eigenvalue weighted by Gasteiger charge is -2.34. The van der Waals surface area contributed by atoms with Crippen molar-refractivity contribution in [3.05, 3.63) is 58.7 Å². The van der Waals surface area contributed by atoms with Gasteiger partial charge in [-0.3, -0.25) is 4.79 Å². The van der Waals surface area contributed by atoms with Crippen molar-refractivity contribution < 1.29 is 14.7 Å². The third-order valence-electron chi connectivity index (χ3n) is 4.11. The lowest BCUT2D eigenvalue weighted by Crippen LogP contribution is -2.43. The maximum absolute atomic E-state index is 12.8. The molecule has 0 saturated heterocycles. The van der Waals surface area contributed by atoms with E-state index in [1.807, 2.05) is 12.1 Å². The summed E-state index contributed by atoms with van der Waals surface area (Å²) in [6, 6.07) is 6.38. The third kappa shape index (κ3) is 2.67. The first kappa shape index (κ1) is 15.1. The number of amides is 1. The van der Waals surface area contributed by atoms with Gasteiger partial charge in [0.2, 0.25) is 0 Å². The molecule has 6 heteroatoms. The summed E-state index contributed by atoms with van der Waals surface area (Å²) in [6.07, 6.45) is 2.11. The minimum absolute atomic E-state index is 0.343. The van der Waals surface area contributed by atoms with E-state index in [1.165, 1.54) is 11.1 Å². The molecule has 1 amide bonds. The fourth-order valence-corrected chi connectivity index (χ4v) is 3.00. The van der Waals surface area contributed by atoms with Gasteiger partial charge in [-0.05, 0) is 31.4 Å². The number of carbonyl (C=O) groups excluding carboxylic acids is 1. The second-order valence-corrected chi connectivity index (χ2v) is 5.60. The highest BCUT2D eigenvalue weighted by atomic mass is 16.4. The number of fused-ring (bicyclic) bond motifs is 1. The van der Waals surface area contributed by atoms with Crippen LogP contribution in [0.4, 0.5) is 0 Å². The predicted octanol–water partition coefficient (Wildman–Crippen LogP) is 1.92. The Morgan fingerprint density at radius 3 is 2.70 bits per heavy atom. The summed E-state index contributed by atoms with van der Waals surface area (Å²) >= 11 is 0. The van der Waals surface area contributed by atoms with Crippen molar-refractivity contribution in [2.45, 2.75) is 26.3 Å². The van der Waals surface area contributed by atoms with E-state index < -0.39 is 12.0 Å². The zero-order valence-electron chi connectivity index (χ0n) is 13.0. The van der Waals surface area contributed by atoms with Gasteiger partial charge >= 0.3 is 5.97 Å². The number of hydrogen-bond donors (Lipinski definition) is 1. The Kier molecular flexibility index (Phi) is 3.82. The third-order valence-corrected chi connectivity index (χ3v) is 4.11. The average Bonchev–Trinajstić information content (AvgIpc) is 2.53. The smallest absolute Gasteiger partial charge is 0.331 e. The Labute approximate surface area is 133 Å². The van der Waals surface area contributed by atoms with Gasteiger partial charge in [-0.2, -0.15) is 0 Å². The van der Waals surface area contributed by atoms with E-state index in [9.17, 15) is 14.7 Å². The van der Waals surface area contributed by atoms with Gasteiger partial charge in [-0.25, -0.2) is 14.8 Å². The van der Waals surface area contributed by atoms with Crippen LogP contribution < -0.4 is 0 Å². The maximum Gasteiger partial charge on any atom is 0.331 e. The Balaban J connectivity index is 2.02. The fourth-order valence-electron chi connectivity index (χ4n) is 3.00. The molecule has 2 heterocycles. The molecule has 1 N–H and O–H groups in total. The van der Waals surface area contributed by atoms with Crippen LogP contribution in [0.2, 0.25) is 0 Å². The van der Waals surface area contributed by atoms with Crippen molar-refractivity contribution in [1.82, 2.24) is 14.9 Å². The molecule has 1 atom stereocenters. The monoisotopic (exact) mass is 311 g/mol. The molecule has 0 spiro atoms. The number of nitrogens with zero attached hydrogens (tertiary/aromatic N) is 3. The molecular weight excluding hydrogens is 294 g/mol. The number of carboxylic acids is 1. The van der Waals surface area contributed by atoms with Gasteiger partial charge in [0.25, 0.3) is 5.91 Å². The number of hydrogen-bond acceptors (Lipinski definition) is 4. The number of aliphatic carboxylic acids is 1. The number of carbonyl (C=O) groups is 2. The largest absolute Gasteiger partial charge is 0.479 e. The van der Waals surface area contributed by atoms with Gasteiger partial charge in [0.1, 0.15) is 5.82 Å². The van der Waals surface area contributed by atoms with Crippen LogP contribution in [0.1, 0.15) is 39.0 Å². The summed E-state index contributed by atoms with van der Waals surface area (Å²) in [5.41, 5.74) is 2.55. The molecule has 0 radical (unpaired) electrons. The number of aryl methyl sites for hydroxylation is 2. The first-order valence-electron chi connectivity index (χ1n) is 7.41. The van der Waals surface area contributed by atoms with E-state index in [2.05, 4.69) is 9.97 Å². The highest BCUT2D eigenvalue weighted by Gasteiger charge is 2.36. The van der Waals surface area contributed by atoms with E-state index in [0.29, 0.717) is 35.6 Å². The second kappa shape index (κ2) is 5.79. The molecule has 1 aliphatic rings. The lowest BCUT2D eigenvalue weighted by molar-refractivity contribution is -0.143. The molecule has 6 nitrogen and oxygen atoms in total. The first-order valence-corrected chi connectivity index (χ1v) is 7.41. The normalized spacial score (nSPS) is 16.8. The molecule has 0 bridgehead atoms. The predicted molar refractivity (Wildman–Crippen MR) is 83.1 cm³/mol. The van der Waals surface area contributed by atoms with Gasteiger partial charge in [0, 0.05) is 12.7 Å². The van der Waals surface area contributed by atoms with Crippen LogP contribution in [0.3, 0.4) is 0 Å². The van der Waals surface area contributed by atoms with Crippen LogP contribution in [0.25, 0.3) is 0 Å². The molecule has 118 valence electrons. The number of rotatable bonds is 2. The molecular formula is C17H17N3O3. The summed E-state index contributed by atoms with van der Waals surface area (Å²) in [6.45, 7) is 3.84. The topological polar surface area (TPSA) is 83.4 Å².